The maximum atomic E-state index is 14.5. The van der Waals surface area contributed by atoms with Crippen LogP contribution in [0.2, 0.25) is 0 Å². The van der Waals surface area contributed by atoms with E-state index < -0.39 is 29.4 Å². The molecule has 9 heteroatoms. The Labute approximate surface area is 192 Å². The summed E-state index contributed by atoms with van der Waals surface area (Å²) in [6, 6.07) is 9.14. The number of alkyl halides is 3. The minimum atomic E-state index is -4.40. The summed E-state index contributed by atoms with van der Waals surface area (Å²) in [6.45, 7) is 5.41. The number of hydrogen-bond donors (Lipinski definition) is 1. The van der Waals surface area contributed by atoms with Gasteiger partial charge in [-0.15, -0.1) is 11.3 Å². The Kier molecular flexibility index (Phi) is 7.41. The molecule has 1 N–H and O–H groups in total. The number of benzene rings is 2. The maximum Gasteiger partial charge on any atom is 0.416 e. The van der Waals surface area contributed by atoms with Crippen molar-refractivity contribution in [3.05, 3.63) is 70.0 Å². The molecule has 0 amide bonds. The van der Waals surface area contributed by atoms with Gasteiger partial charge in [0.05, 0.1) is 22.1 Å². The first-order valence-corrected chi connectivity index (χ1v) is 11.0. The number of nitrogens with zero attached hydrogens (tertiary/aromatic N) is 1. The lowest BCUT2D eigenvalue weighted by Crippen LogP contribution is -2.22. The summed E-state index contributed by atoms with van der Waals surface area (Å²) in [6.07, 6.45) is -4.19. The van der Waals surface area contributed by atoms with Crippen molar-refractivity contribution in [2.45, 2.75) is 40.0 Å². The van der Waals surface area contributed by atoms with E-state index in [1.54, 1.807) is 13.0 Å². The lowest BCUT2D eigenvalue weighted by atomic mass is 9.89. The molecule has 4 nitrogen and oxygen atoms in total. The Hall–Kier alpha value is -2.94. The van der Waals surface area contributed by atoms with Gasteiger partial charge in [-0.1, -0.05) is 32.0 Å². The molecule has 0 saturated carbocycles. The average molecular weight is 482 g/mol. The third-order valence-electron chi connectivity index (χ3n) is 5.28. The van der Waals surface area contributed by atoms with Gasteiger partial charge >= 0.3 is 12.1 Å². The third-order valence-corrected chi connectivity index (χ3v) is 6.46. The molecular weight excluding hydrogens is 458 g/mol. The Bertz CT molecular complexity index is 1120. The number of hydrogen-bond acceptors (Lipinski definition) is 4. The molecule has 0 bridgehead atoms. The van der Waals surface area contributed by atoms with Crippen molar-refractivity contribution in [3.8, 4) is 16.3 Å². The van der Waals surface area contributed by atoms with Crippen LogP contribution in [0.25, 0.3) is 10.6 Å². The number of carboxylic acid groups (broad SMARTS) is 1. The first-order chi connectivity index (χ1) is 15.5. The molecule has 33 heavy (non-hydrogen) atoms. The predicted octanol–water partition coefficient (Wildman–Crippen LogP) is 6.75. The highest BCUT2D eigenvalue weighted by Gasteiger charge is 2.30. The largest absolute Gasteiger partial charge is 0.485 e. The van der Waals surface area contributed by atoms with Gasteiger partial charge in [0, 0.05) is 5.56 Å². The highest BCUT2D eigenvalue weighted by molar-refractivity contribution is 7.15. The fourth-order valence-corrected chi connectivity index (χ4v) is 4.26. The molecule has 0 aliphatic heterocycles. The van der Waals surface area contributed by atoms with E-state index in [-0.39, 0.29) is 24.7 Å². The van der Waals surface area contributed by atoms with Gasteiger partial charge in [0.2, 0.25) is 0 Å². The molecule has 0 saturated heterocycles. The second-order valence-corrected chi connectivity index (χ2v) is 9.13. The van der Waals surface area contributed by atoms with E-state index >= 15 is 0 Å². The SMILES string of the molecule is Cc1nc(-c2ccc(C(F)(F)F)cc2)sc1COc1ccc(CC(C(=O)O)C(C)C)cc1F. The molecule has 3 aromatic rings. The first kappa shape index (κ1) is 24.7. The molecule has 1 aromatic heterocycles. The molecular formula is C24H23F4NO3S. The molecule has 0 aliphatic rings. The number of thiazole rings is 1. The van der Waals surface area contributed by atoms with Crippen LogP contribution in [0.4, 0.5) is 17.6 Å². The van der Waals surface area contributed by atoms with Gasteiger partial charge in [0.25, 0.3) is 0 Å². The molecule has 3 rings (SSSR count). The molecule has 1 heterocycles. The fourth-order valence-electron chi connectivity index (χ4n) is 3.28. The molecule has 0 radical (unpaired) electrons. The Morgan fingerprint density at radius 1 is 1.15 bits per heavy atom. The summed E-state index contributed by atoms with van der Waals surface area (Å²) in [5, 5.41) is 9.87. The Morgan fingerprint density at radius 2 is 1.82 bits per heavy atom. The summed E-state index contributed by atoms with van der Waals surface area (Å²) in [5.41, 5.74) is 1.04. The highest BCUT2D eigenvalue weighted by atomic mass is 32.1. The normalized spacial score (nSPS) is 12.7. The van der Waals surface area contributed by atoms with Crippen molar-refractivity contribution in [3.63, 3.8) is 0 Å². The van der Waals surface area contributed by atoms with Crippen LogP contribution >= 0.6 is 11.3 Å². The van der Waals surface area contributed by atoms with Crippen molar-refractivity contribution in [1.82, 2.24) is 4.98 Å². The van der Waals surface area contributed by atoms with Gasteiger partial charge in [0.1, 0.15) is 11.6 Å². The zero-order chi connectivity index (χ0) is 24.3. The zero-order valence-corrected chi connectivity index (χ0v) is 19.1. The molecule has 0 fully saturated rings. The van der Waals surface area contributed by atoms with E-state index in [1.807, 2.05) is 13.8 Å². The van der Waals surface area contributed by atoms with Crippen LogP contribution in [-0.2, 0) is 24.0 Å². The third kappa shape index (κ3) is 6.10. The van der Waals surface area contributed by atoms with E-state index in [0.29, 0.717) is 21.8 Å². The summed E-state index contributed by atoms with van der Waals surface area (Å²) < 4.78 is 58.4. The van der Waals surface area contributed by atoms with Crippen molar-refractivity contribution in [2.75, 3.05) is 0 Å². The summed E-state index contributed by atoms with van der Waals surface area (Å²) in [5.74, 6) is -2.19. The van der Waals surface area contributed by atoms with Crippen LogP contribution in [0.15, 0.2) is 42.5 Å². The summed E-state index contributed by atoms with van der Waals surface area (Å²) in [7, 11) is 0. The quantitative estimate of drug-likeness (QED) is 0.362. The monoisotopic (exact) mass is 481 g/mol. The molecule has 2 aromatic carbocycles. The zero-order valence-electron chi connectivity index (χ0n) is 18.2. The second-order valence-electron chi connectivity index (χ2n) is 8.05. The van der Waals surface area contributed by atoms with E-state index in [9.17, 15) is 27.5 Å². The molecule has 176 valence electrons. The topological polar surface area (TPSA) is 59.4 Å². The van der Waals surface area contributed by atoms with E-state index in [4.69, 9.17) is 4.74 Å². The summed E-state index contributed by atoms with van der Waals surface area (Å²) >= 11 is 1.26. The van der Waals surface area contributed by atoms with Gasteiger partial charge in [-0.2, -0.15) is 13.2 Å². The Morgan fingerprint density at radius 3 is 2.36 bits per heavy atom. The molecule has 1 atom stereocenters. The predicted molar refractivity (Wildman–Crippen MR) is 118 cm³/mol. The van der Waals surface area contributed by atoms with Crippen LogP contribution < -0.4 is 4.74 Å². The minimum Gasteiger partial charge on any atom is -0.485 e. The number of aliphatic carboxylic acids is 1. The number of carbonyl (C=O) groups is 1. The van der Waals surface area contributed by atoms with Gasteiger partial charge in [-0.25, -0.2) is 9.37 Å². The number of ether oxygens (including phenoxy) is 1. The average Bonchev–Trinajstić information content (AvgIpc) is 3.11. The first-order valence-electron chi connectivity index (χ1n) is 10.2. The van der Waals surface area contributed by atoms with E-state index in [1.165, 1.54) is 35.6 Å². The standard InChI is InChI=1S/C24H23F4NO3S/c1-13(2)18(23(30)31)10-15-4-9-20(19(25)11-15)32-12-21-14(3)29-22(33-21)16-5-7-17(8-6-16)24(26,27)28/h4-9,11,13,18H,10,12H2,1-3H3,(H,30,31). The number of rotatable bonds is 8. The van der Waals surface area contributed by atoms with Gasteiger partial charge in [-0.3, -0.25) is 4.79 Å². The van der Waals surface area contributed by atoms with E-state index in [0.717, 1.165) is 17.0 Å². The van der Waals surface area contributed by atoms with Crippen molar-refractivity contribution >= 4 is 17.3 Å². The molecule has 0 spiro atoms. The van der Waals surface area contributed by atoms with Crippen LogP contribution in [-0.4, -0.2) is 16.1 Å². The lowest BCUT2D eigenvalue weighted by molar-refractivity contribution is -0.143. The number of aromatic nitrogens is 1. The Balaban J connectivity index is 1.69. The van der Waals surface area contributed by atoms with Crippen LogP contribution in [0.1, 0.15) is 35.5 Å². The minimum absolute atomic E-state index is 0.0269. The van der Waals surface area contributed by atoms with Crippen molar-refractivity contribution in [1.29, 1.82) is 0 Å². The number of carboxylic acids is 1. The van der Waals surface area contributed by atoms with Crippen LogP contribution in [0.5, 0.6) is 5.75 Å². The molecule has 1 unspecified atom stereocenters. The number of halogens is 4. The fraction of sp³-hybridized carbons (Fsp3) is 0.333. The smallest absolute Gasteiger partial charge is 0.416 e. The lowest BCUT2D eigenvalue weighted by Gasteiger charge is -2.16. The highest BCUT2D eigenvalue weighted by Crippen LogP contribution is 2.33. The summed E-state index contributed by atoms with van der Waals surface area (Å²) in [4.78, 5) is 16.5. The maximum absolute atomic E-state index is 14.5. The molecule has 0 aliphatic carbocycles. The van der Waals surface area contributed by atoms with Crippen LogP contribution in [0.3, 0.4) is 0 Å². The van der Waals surface area contributed by atoms with Crippen molar-refractivity contribution in [2.24, 2.45) is 11.8 Å². The van der Waals surface area contributed by atoms with Gasteiger partial charge < -0.3 is 9.84 Å². The number of aryl methyl sites for hydroxylation is 1. The van der Waals surface area contributed by atoms with E-state index in [2.05, 4.69) is 4.98 Å². The van der Waals surface area contributed by atoms with Gasteiger partial charge in [0.15, 0.2) is 11.6 Å². The van der Waals surface area contributed by atoms with Crippen LogP contribution in [0, 0.1) is 24.6 Å². The van der Waals surface area contributed by atoms with Gasteiger partial charge in [-0.05, 0) is 49.1 Å². The second kappa shape index (κ2) is 9.91. The van der Waals surface area contributed by atoms with Crippen molar-refractivity contribution < 1.29 is 32.2 Å².